The standard InChI is InChI=1S/C17H17N5O7S2/c1-28-21-10(7-5-31-17(18)19-7)13(24)20-11-14(25)22-12(16(26)27)6(4-30-15(11)22)8-2-3-9(23)29-8/h5,8,11,15H,2-4H2,1H3,(H2,18,19)(H,20,24)(H,26,27)/b21-10-/t8-,11+,15+/m0/s1. The number of β-lactam (4-membered cyclic amide) rings is 1. The number of nitrogens with two attached hydrogens (primary N) is 1. The van der Waals surface area contributed by atoms with Gasteiger partial charge in [0.2, 0.25) is 0 Å². The molecule has 4 heterocycles. The third-order valence-corrected chi connectivity index (χ3v) is 6.90. The van der Waals surface area contributed by atoms with Crippen molar-refractivity contribution in [1.82, 2.24) is 15.2 Å². The first kappa shape index (κ1) is 21.1. The minimum atomic E-state index is -1.29. The largest absolute Gasteiger partial charge is 0.477 e. The molecule has 0 radical (unpaired) electrons. The van der Waals surface area contributed by atoms with Crippen LogP contribution >= 0.6 is 23.1 Å². The van der Waals surface area contributed by atoms with Gasteiger partial charge in [-0.3, -0.25) is 19.3 Å². The number of cyclic esters (lactones) is 1. The van der Waals surface area contributed by atoms with Crippen LogP contribution < -0.4 is 11.1 Å². The summed E-state index contributed by atoms with van der Waals surface area (Å²) in [6, 6.07) is -0.961. The molecule has 0 bridgehead atoms. The van der Waals surface area contributed by atoms with Gasteiger partial charge in [0.1, 0.15) is 36.0 Å². The number of carbonyl (C=O) groups excluding carboxylic acids is 3. The first-order valence-corrected chi connectivity index (χ1v) is 11.0. The molecular weight excluding hydrogens is 450 g/mol. The highest BCUT2D eigenvalue weighted by Gasteiger charge is 2.55. The van der Waals surface area contributed by atoms with Crippen LogP contribution in [-0.2, 0) is 28.8 Å². The number of carboxylic acids is 1. The Morgan fingerprint density at radius 1 is 1.45 bits per heavy atom. The van der Waals surface area contributed by atoms with Crippen molar-refractivity contribution in [3.05, 3.63) is 22.3 Å². The maximum Gasteiger partial charge on any atom is 0.352 e. The van der Waals surface area contributed by atoms with E-state index in [1.807, 2.05) is 0 Å². The highest BCUT2D eigenvalue weighted by atomic mass is 32.2. The second-order valence-corrected chi connectivity index (χ2v) is 8.75. The van der Waals surface area contributed by atoms with Gasteiger partial charge in [0.15, 0.2) is 10.8 Å². The summed E-state index contributed by atoms with van der Waals surface area (Å²) in [5, 5.41) is 17.1. The van der Waals surface area contributed by atoms with Crippen LogP contribution in [0.3, 0.4) is 0 Å². The molecular formula is C17H17N5O7S2. The molecule has 0 saturated carbocycles. The Balaban J connectivity index is 1.54. The van der Waals surface area contributed by atoms with E-state index in [2.05, 4.69) is 15.5 Å². The minimum Gasteiger partial charge on any atom is -0.477 e. The lowest BCUT2D eigenvalue weighted by atomic mass is 9.99. The Morgan fingerprint density at radius 2 is 2.23 bits per heavy atom. The average Bonchev–Trinajstić information content (AvgIpc) is 3.36. The lowest BCUT2D eigenvalue weighted by Crippen LogP contribution is -2.71. The number of nitrogen functional groups attached to an aromatic ring is 1. The molecule has 14 heteroatoms. The van der Waals surface area contributed by atoms with Crippen molar-refractivity contribution in [2.75, 3.05) is 18.6 Å². The van der Waals surface area contributed by atoms with E-state index in [-0.39, 0.29) is 34.4 Å². The van der Waals surface area contributed by atoms with E-state index in [0.717, 1.165) is 16.2 Å². The fourth-order valence-electron chi connectivity index (χ4n) is 3.56. The minimum absolute atomic E-state index is 0.157. The van der Waals surface area contributed by atoms with E-state index in [1.54, 1.807) is 0 Å². The van der Waals surface area contributed by atoms with Crippen molar-refractivity contribution >= 4 is 57.7 Å². The van der Waals surface area contributed by atoms with Gasteiger partial charge in [0.25, 0.3) is 11.8 Å². The molecule has 3 aliphatic heterocycles. The smallest absolute Gasteiger partial charge is 0.352 e. The monoisotopic (exact) mass is 467 g/mol. The third-order valence-electron chi connectivity index (χ3n) is 4.92. The van der Waals surface area contributed by atoms with Crippen molar-refractivity contribution in [2.45, 2.75) is 30.4 Å². The third kappa shape index (κ3) is 3.72. The van der Waals surface area contributed by atoms with Gasteiger partial charge in [-0.1, -0.05) is 5.16 Å². The molecule has 12 nitrogen and oxygen atoms in total. The number of aliphatic carboxylic acids is 1. The summed E-state index contributed by atoms with van der Waals surface area (Å²) in [7, 11) is 1.26. The summed E-state index contributed by atoms with van der Waals surface area (Å²) >= 11 is 2.40. The van der Waals surface area contributed by atoms with Crippen LogP contribution in [0.4, 0.5) is 5.13 Å². The zero-order valence-electron chi connectivity index (χ0n) is 16.1. The van der Waals surface area contributed by atoms with Crippen LogP contribution in [0.5, 0.6) is 0 Å². The Kier molecular flexibility index (Phi) is 5.58. The number of hydrogen-bond donors (Lipinski definition) is 3. The highest BCUT2D eigenvalue weighted by molar-refractivity contribution is 8.00. The van der Waals surface area contributed by atoms with Gasteiger partial charge in [-0.2, -0.15) is 0 Å². The van der Waals surface area contributed by atoms with Gasteiger partial charge in [0.05, 0.1) is 0 Å². The number of anilines is 1. The number of rotatable bonds is 6. The van der Waals surface area contributed by atoms with E-state index in [0.29, 0.717) is 12.0 Å². The number of thioether (sulfide) groups is 1. The Bertz CT molecular complexity index is 1040. The van der Waals surface area contributed by atoms with Crippen LogP contribution in [0.1, 0.15) is 18.5 Å². The molecule has 164 valence electrons. The number of hydrogen-bond acceptors (Lipinski definition) is 11. The first-order valence-electron chi connectivity index (χ1n) is 9.05. The predicted octanol–water partition coefficient (Wildman–Crippen LogP) is -0.480. The number of thiazole rings is 1. The van der Waals surface area contributed by atoms with Crippen LogP contribution in [0, 0.1) is 0 Å². The molecule has 0 aliphatic carbocycles. The van der Waals surface area contributed by atoms with E-state index >= 15 is 0 Å². The van der Waals surface area contributed by atoms with Gasteiger partial charge >= 0.3 is 11.9 Å². The second-order valence-electron chi connectivity index (χ2n) is 6.75. The molecule has 1 aromatic rings. The maximum absolute atomic E-state index is 12.8. The topological polar surface area (TPSA) is 174 Å². The van der Waals surface area contributed by atoms with E-state index in [9.17, 15) is 24.3 Å². The Hall–Kier alpha value is -3.13. The predicted molar refractivity (Wildman–Crippen MR) is 109 cm³/mol. The molecule has 2 amide bonds. The summed E-state index contributed by atoms with van der Waals surface area (Å²) < 4.78 is 5.20. The van der Waals surface area contributed by atoms with Gasteiger partial charge in [-0.15, -0.1) is 23.1 Å². The lowest BCUT2D eigenvalue weighted by molar-refractivity contribution is -0.150. The number of fused-ring (bicyclic) bond motifs is 1. The summed E-state index contributed by atoms with van der Waals surface area (Å²) in [6.45, 7) is 0. The number of ether oxygens (including phenoxy) is 1. The SMILES string of the molecule is CO/N=C(\C(=O)N[C@@H]1C(=O)N2C(C(=O)O)=C([C@@H]3CCC(=O)O3)CS[C@H]12)c1csc(N)n1. The van der Waals surface area contributed by atoms with Crippen LogP contribution in [0.2, 0.25) is 0 Å². The number of amides is 2. The van der Waals surface area contributed by atoms with Gasteiger partial charge < -0.3 is 25.7 Å². The molecule has 0 unspecified atom stereocenters. The van der Waals surface area contributed by atoms with Crippen LogP contribution in [0.25, 0.3) is 0 Å². The zero-order valence-corrected chi connectivity index (χ0v) is 17.7. The number of nitrogens with one attached hydrogen (secondary N) is 1. The van der Waals surface area contributed by atoms with Crippen molar-refractivity contribution in [1.29, 1.82) is 0 Å². The van der Waals surface area contributed by atoms with Crippen molar-refractivity contribution in [3.63, 3.8) is 0 Å². The quantitative estimate of drug-likeness (QED) is 0.215. The molecule has 1 aromatic heterocycles. The van der Waals surface area contributed by atoms with Crippen LogP contribution in [-0.4, -0.2) is 74.8 Å². The second kappa shape index (κ2) is 8.19. The molecule has 31 heavy (non-hydrogen) atoms. The van der Waals surface area contributed by atoms with E-state index in [1.165, 1.54) is 24.3 Å². The number of aromatic nitrogens is 1. The van der Waals surface area contributed by atoms with Crippen LogP contribution in [0.15, 0.2) is 21.8 Å². The number of esters is 1. The van der Waals surface area contributed by atoms with Gasteiger partial charge in [0, 0.05) is 23.1 Å². The molecule has 3 aliphatic rings. The van der Waals surface area contributed by atoms with Crippen molar-refractivity contribution in [3.8, 4) is 0 Å². The first-order chi connectivity index (χ1) is 14.8. The highest BCUT2D eigenvalue weighted by Crippen LogP contribution is 2.42. The van der Waals surface area contributed by atoms with Gasteiger partial charge in [-0.05, 0) is 6.42 Å². The molecule has 0 spiro atoms. The zero-order chi connectivity index (χ0) is 22.3. The lowest BCUT2D eigenvalue weighted by Gasteiger charge is -2.49. The number of nitrogens with zero attached hydrogens (tertiary/aromatic N) is 3. The molecule has 2 saturated heterocycles. The summed E-state index contributed by atoms with van der Waals surface area (Å²) in [5.41, 5.74) is 5.83. The Morgan fingerprint density at radius 3 is 2.81 bits per heavy atom. The normalized spacial score (nSPS) is 25.6. The fourth-order valence-corrected chi connectivity index (χ4v) is 5.52. The summed E-state index contributed by atoms with van der Waals surface area (Å²) in [5.74, 6) is -2.73. The Labute approximate surface area is 183 Å². The molecule has 2 fully saturated rings. The molecule has 3 atom stereocenters. The van der Waals surface area contributed by atoms with E-state index in [4.69, 9.17) is 15.3 Å². The molecule has 0 aromatic carbocycles. The maximum atomic E-state index is 12.8. The fraction of sp³-hybridized carbons (Fsp3) is 0.412. The van der Waals surface area contributed by atoms with Crippen molar-refractivity contribution in [2.24, 2.45) is 5.16 Å². The molecule has 4 N–H and O–H groups in total. The van der Waals surface area contributed by atoms with Gasteiger partial charge in [-0.25, -0.2) is 9.78 Å². The molecule has 4 rings (SSSR count). The van der Waals surface area contributed by atoms with E-state index < -0.39 is 41.3 Å². The number of oxime groups is 1. The number of carboxylic acid groups (broad SMARTS) is 1. The van der Waals surface area contributed by atoms with Crippen molar-refractivity contribution < 1.29 is 33.9 Å². The number of carbonyl (C=O) groups is 4. The summed E-state index contributed by atoms with van der Waals surface area (Å²) in [6.07, 6.45) is -0.0969. The summed E-state index contributed by atoms with van der Waals surface area (Å²) in [4.78, 5) is 58.7. The average molecular weight is 467 g/mol.